The Morgan fingerprint density at radius 2 is 2.25 bits per heavy atom. The summed E-state index contributed by atoms with van der Waals surface area (Å²) in [6, 6.07) is 5.56. The summed E-state index contributed by atoms with van der Waals surface area (Å²) in [6.45, 7) is 1.62. The van der Waals surface area contributed by atoms with Crippen molar-refractivity contribution in [2.24, 2.45) is 5.73 Å². The summed E-state index contributed by atoms with van der Waals surface area (Å²) < 4.78 is 0. The van der Waals surface area contributed by atoms with Crippen LogP contribution in [0.2, 0.25) is 0 Å². The van der Waals surface area contributed by atoms with Crippen LogP contribution in [0.1, 0.15) is 15.9 Å². The Morgan fingerprint density at radius 3 is 2.67 bits per heavy atom. The zero-order chi connectivity index (χ0) is 8.43. The molecule has 0 aliphatic rings. The molecular formula is C8H8NO2Y-. The quantitative estimate of drug-likeness (QED) is 0.704. The number of primary amides is 1. The Labute approximate surface area is 95.8 Å². The number of nitrogens with two attached hydrogens (primary N) is 1. The van der Waals surface area contributed by atoms with Crippen LogP contribution in [-0.2, 0) is 32.7 Å². The number of hydrogen-bond acceptors (Lipinski definition) is 2. The number of benzene rings is 1. The van der Waals surface area contributed by atoms with Gasteiger partial charge in [0.2, 0.25) is 0 Å². The summed E-state index contributed by atoms with van der Waals surface area (Å²) >= 11 is 0. The zero-order valence-electron chi connectivity index (χ0n) is 6.66. The predicted octanol–water partition coefficient (Wildman–Crippen LogP) is 0.597. The molecule has 0 saturated heterocycles. The van der Waals surface area contributed by atoms with E-state index in [1.54, 1.807) is 6.92 Å². The first-order chi connectivity index (χ1) is 5.13. The van der Waals surface area contributed by atoms with Gasteiger partial charge in [-0.1, -0.05) is 18.1 Å². The van der Waals surface area contributed by atoms with Crippen molar-refractivity contribution in [2.75, 3.05) is 0 Å². The number of amides is 1. The van der Waals surface area contributed by atoms with E-state index >= 15 is 0 Å². The predicted molar refractivity (Wildman–Crippen MR) is 40.2 cm³/mol. The van der Waals surface area contributed by atoms with Gasteiger partial charge in [-0.25, -0.2) is 0 Å². The van der Waals surface area contributed by atoms with Crippen LogP contribution in [0.15, 0.2) is 12.1 Å². The fourth-order valence-electron chi connectivity index (χ4n) is 0.821. The first kappa shape index (κ1) is 11.6. The van der Waals surface area contributed by atoms with E-state index in [0.717, 1.165) is 0 Å². The fraction of sp³-hybridized carbons (Fsp3) is 0.125. The second kappa shape index (κ2) is 4.58. The first-order valence-corrected chi connectivity index (χ1v) is 3.13. The van der Waals surface area contributed by atoms with Crippen molar-refractivity contribution in [3.05, 3.63) is 29.3 Å². The van der Waals surface area contributed by atoms with E-state index in [2.05, 4.69) is 6.07 Å². The van der Waals surface area contributed by atoms with Gasteiger partial charge in [-0.15, -0.1) is 18.2 Å². The normalized spacial score (nSPS) is 8.75. The van der Waals surface area contributed by atoms with Gasteiger partial charge in [0.15, 0.2) is 5.91 Å². The topological polar surface area (TPSA) is 63.3 Å². The number of phenolic OH excluding ortho intramolecular Hbond substituents is 1. The molecular weight excluding hydrogens is 231 g/mol. The molecule has 4 heteroatoms. The second-order valence-corrected chi connectivity index (χ2v) is 2.23. The van der Waals surface area contributed by atoms with Crippen LogP contribution in [0.25, 0.3) is 0 Å². The van der Waals surface area contributed by atoms with E-state index < -0.39 is 5.91 Å². The molecule has 0 unspecified atom stereocenters. The van der Waals surface area contributed by atoms with Gasteiger partial charge in [-0.05, 0) is 0 Å². The molecule has 0 heterocycles. The molecule has 0 aliphatic carbocycles. The number of phenols is 1. The van der Waals surface area contributed by atoms with Gasteiger partial charge in [0.1, 0.15) is 0 Å². The van der Waals surface area contributed by atoms with Crippen LogP contribution in [0.5, 0.6) is 5.75 Å². The van der Waals surface area contributed by atoms with Crippen LogP contribution in [-0.4, -0.2) is 11.0 Å². The molecule has 1 aromatic carbocycles. The standard InChI is InChI=1S/C8H8NO2.Y/c1-5-6(8(9)11)3-2-4-7(5)10;/h2,4,10H,1H3,(H2,9,11);/q-1;. The van der Waals surface area contributed by atoms with Gasteiger partial charge < -0.3 is 15.6 Å². The molecule has 0 bridgehead atoms. The van der Waals surface area contributed by atoms with Gasteiger partial charge in [0.05, 0.1) is 0 Å². The second-order valence-electron chi connectivity index (χ2n) is 2.23. The van der Waals surface area contributed by atoms with E-state index in [-0.39, 0.29) is 44.0 Å². The first-order valence-electron chi connectivity index (χ1n) is 3.13. The Bertz CT molecular complexity index is 299. The minimum atomic E-state index is -0.571. The Hall–Kier alpha value is -0.406. The van der Waals surface area contributed by atoms with Crippen molar-refractivity contribution in [3.63, 3.8) is 0 Å². The Balaban J connectivity index is 0.00000121. The Morgan fingerprint density at radius 1 is 1.67 bits per heavy atom. The number of aromatic hydroxyl groups is 1. The summed E-state index contributed by atoms with van der Waals surface area (Å²) in [7, 11) is 0. The molecule has 0 aromatic heterocycles. The molecule has 61 valence electrons. The fourth-order valence-corrected chi connectivity index (χ4v) is 0.821. The summed E-state index contributed by atoms with van der Waals surface area (Å²) in [4.78, 5) is 10.7. The summed E-state index contributed by atoms with van der Waals surface area (Å²) in [5, 5.41) is 9.12. The van der Waals surface area contributed by atoms with Crippen molar-refractivity contribution in [3.8, 4) is 5.75 Å². The van der Waals surface area contributed by atoms with Crippen molar-refractivity contribution in [2.45, 2.75) is 6.92 Å². The van der Waals surface area contributed by atoms with E-state index in [1.807, 2.05) is 0 Å². The third-order valence-electron chi connectivity index (χ3n) is 1.47. The molecule has 3 nitrogen and oxygen atoms in total. The van der Waals surface area contributed by atoms with E-state index in [0.29, 0.717) is 5.56 Å². The van der Waals surface area contributed by atoms with Crippen LogP contribution in [0.3, 0.4) is 0 Å². The largest absolute Gasteiger partial charge is 0.527 e. The molecule has 0 aliphatic heterocycles. The molecule has 1 amide bonds. The van der Waals surface area contributed by atoms with Gasteiger partial charge >= 0.3 is 0 Å². The van der Waals surface area contributed by atoms with Gasteiger partial charge in [-0.2, -0.15) is 0 Å². The minimum absolute atomic E-state index is 0. The van der Waals surface area contributed by atoms with Crippen LogP contribution in [0, 0.1) is 13.0 Å². The molecule has 0 atom stereocenters. The molecule has 3 N–H and O–H groups in total. The van der Waals surface area contributed by atoms with Crippen LogP contribution < -0.4 is 5.73 Å². The van der Waals surface area contributed by atoms with Gasteiger partial charge in [-0.3, -0.25) is 0 Å². The third-order valence-corrected chi connectivity index (χ3v) is 1.47. The molecule has 0 spiro atoms. The molecule has 0 fully saturated rings. The van der Waals surface area contributed by atoms with Gasteiger partial charge in [0, 0.05) is 38.5 Å². The molecule has 1 rings (SSSR count). The van der Waals surface area contributed by atoms with Crippen molar-refractivity contribution < 1.29 is 42.6 Å². The van der Waals surface area contributed by atoms with E-state index in [4.69, 9.17) is 10.8 Å². The monoisotopic (exact) mass is 239 g/mol. The smallest absolute Gasteiger partial charge is 0.163 e. The number of carbonyl (C=O) groups is 1. The summed E-state index contributed by atoms with van der Waals surface area (Å²) in [6.07, 6.45) is 0. The number of rotatable bonds is 1. The zero-order valence-corrected chi connectivity index (χ0v) is 9.50. The van der Waals surface area contributed by atoms with E-state index in [9.17, 15) is 4.79 Å². The maximum absolute atomic E-state index is 10.7. The summed E-state index contributed by atoms with van der Waals surface area (Å²) in [5.41, 5.74) is 5.72. The minimum Gasteiger partial charge on any atom is -0.527 e. The van der Waals surface area contributed by atoms with E-state index in [1.165, 1.54) is 12.1 Å². The van der Waals surface area contributed by atoms with Crippen molar-refractivity contribution >= 4 is 5.91 Å². The average Bonchev–Trinajstić information content (AvgIpc) is 1.94. The molecule has 0 saturated carbocycles. The maximum Gasteiger partial charge on any atom is 0.163 e. The summed E-state index contributed by atoms with van der Waals surface area (Å²) in [5.74, 6) is -0.504. The number of hydrogen-bond donors (Lipinski definition) is 2. The SMILES string of the molecule is Cc1c(C(N)=O)[c-]ccc1O.[Y]. The van der Waals surface area contributed by atoms with Crippen LogP contribution in [0.4, 0.5) is 0 Å². The average molecular weight is 239 g/mol. The molecule has 12 heavy (non-hydrogen) atoms. The Kier molecular flexibility index (Phi) is 4.42. The van der Waals surface area contributed by atoms with Crippen molar-refractivity contribution in [1.29, 1.82) is 0 Å². The van der Waals surface area contributed by atoms with Crippen molar-refractivity contribution in [1.82, 2.24) is 0 Å². The van der Waals surface area contributed by atoms with Crippen LogP contribution >= 0.6 is 0 Å². The van der Waals surface area contributed by atoms with Gasteiger partial charge in [0.25, 0.3) is 0 Å². The molecule has 1 radical (unpaired) electrons. The molecule has 1 aromatic rings. The number of carbonyl (C=O) groups excluding carboxylic acids is 1. The maximum atomic E-state index is 10.7. The third kappa shape index (κ3) is 2.29.